The summed E-state index contributed by atoms with van der Waals surface area (Å²) in [7, 11) is 0. The second-order valence-electron chi connectivity index (χ2n) is 5.58. The van der Waals surface area contributed by atoms with Gasteiger partial charge in [0.1, 0.15) is 6.61 Å². The van der Waals surface area contributed by atoms with E-state index in [9.17, 15) is 22.8 Å². The van der Waals surface area contributed by atoms with Crippen molar-refractivity contribution in [3.8, 4) is 0 Å². The normalized spacial score (nSPS) is 15.8. The molecular weight excluding hydrogens is 361 g/mol. The number of halogens is 4. The van der Waals surface area contributed by atoms with Gasteiger partial charge in [0.15, 0.2) is 0 Å². The maximum absolute atomic E-state index is 13.0. The maximum Gasteiger partial charge on any atom is 0.417 e. The molecule has 1 aromatic rings. The van der Waals surface area contributed by atoms with Crippen molar-refractivity contribution in [1.29, 1.82) is 0 Å². The molecule has 0 atom stereocenters. The first-order chi connectivity index (χ1) is 11.8. The molecule has 0 radical (unpaired) electrons. The highest BCUT2D eigenvalue weighted by Gasteiger charge is 2.36. The quantitative estimate of drug-likeness (QED) is 0.818. The zero-order valence-electron chi connectivity index (χ0n) is 13.3. The maximum atomic E-state index is 13.0. The van der Waals surface area contributed by atoms with Crippen molar-refractivity contribution >= 4 is 23.6 Å². The van der Waals surface area contributed by atoms with Gasteiger partial charge in [0.2, 0.25) is 0 Å². The topological polar surface area (TPSA) is 58.6 Å². The van der Waals surface area contributed by atoms with Crippen molar-refractivity contribution in [2.45, 2.75) is 25.1 Å². The molecule has 1 heterocycles. The van der Waals surface area contributed by atoms with Crippen LogP contribution in [0, 0.1) is 0 Å². The molecule has 2 amide bonds. The van der Waals surface area contributed by atoms with Crippen LogP contribution < -0.4 is 5.32 Å². The Hall–Kier alpha value is -1.96. The third-order valence-corrected chi connectivity index (χ3v) is 4.03. The summed E-state index contributed by atoms with van der Waals surface area (Å²) in [4.78, 5) is 25.3. The van der Waals surface area contributed by atoms with Gasteiger partial charge in [-0.05, 0) is 25.0 Å². The summed E-state index contributed by atoms with van der Waals surface area (Å²) in [6, 6.07) is 4.55. The Morgan fingerprint density at radius 2 is 1.88 bits per heavy atom. The molecule has 1 N–H and O–H groups in total. The molecule has 0 unspecified atom stereocenters. The van der Waals surface area contributed by atoms with E-state index in [1.54, 1.807) is 0 Å². The van der Waals surface area contributed by atoms with Crippen LogP contribution in [0.1, 0.15) is 28.8 Å². The number of alkyl carbamates (subject to hydrolysis) is 1. The first-order valence-electron chi connectivity index (χ1n) is 7.77. The third-order valence-electron chi connectivity index (χ3n) is 3.88. The van der Waals surface area contributed by atoms with Crippen LogP contribution in [0.5, 0.6) is 0 Å². The molecule has 1 saturated heterocycles. The molecule has 25 heavy (non-hydrogen) atoms. The molecule has 5 nitrogen and oxygen atoms in total. The van der Waals surface area contributed by atoms with Gasteiger partial charge in [0.25, 0.3) is 5.91 Å². The number of nitrogens with zero attached hydrogens (tertiary/aromatic N) is 1. The molecule has 1 aliphatic rings. The summed E-state index contributed by atoms with van der Waals surface area (Å²) >= 11 is 5.42. The van der Waals surface area contributed by atoms with Crippen molar-refractivity contribution in [3.63, 3.8) is 0 Å². The van der Waals surface area contributed by atoms with Gasteiger partial charge in [-0.3, -0.25) is 4.79 Å². The molecule has 0 bridgehead atoms. The fraction of sp³-hybridized carbons (Fsp3) is 0.500. The number of piperidine rings is 1. The van der Waals surface area contributed by atoms with Gasteiger partial charge in [-0.2, -0.15) is 13.2 Å². The molecule has 0 aliphatic carbocycles. The second kappa shape index (κ2) is 8.42. The lowest BCUT2D eigenvalue weighted by atomic mass is 10.0. The lowest BCUT2D eigenvalue weighted by Crippen LogP contribution is -2.47. The Balaban J connectivity index is 1.95. The smallest absolute Gasteiger partial charge is 0.417 e. The lowest BCUT2D eigenvalue weighted by molar-refractivity contribution is -0.138. The van der Waals surface area contributed by atoms with E-state index in [4.69, 9.17) is 16.3 Å². The Morgan fingerprint density at radius 3 is 2.48 bits per heavy atom. The summed E-state index contributed by atoms with van der Waals surface area (Å²) in [6.07, 6.45) is -4.29. The molecule has 1 fully saturated rings. The van der Waals surface area contributed by atoms with Crippen LogP contribution in [-0.4, -0.2) is 48.5 Å². The number of alkyl halides is 4. The minimum atomic E-state index is -4.59. The van der Waals surface area contributed by atoms with Gasteiger partial charge >= 0.3 is 12.3 Å². The van der Waals surface area contributed by atoms with Gasteiger partial charge < -0.3 is 15.0 Å². The number of hydrogen-bond acceptors (Lipinski definition) is 3. The fourth-order valence-electron chi connectivity index (χ4n) is 2.65. The van der Waals surface area contributed by atoms with E-state index in [-0.39, 0.29) is 37.2 Å². The number of ether oxygens (including phenoxy) is 1. The Bertz CT molecular complexity index is 617. The molecule has 9 heteroatoms. The zero-order valence-corrected chi connectivity index (χ0v) is 14.1. The Kier molecular flexibility index (Phi) is 6.52. The predicted molar refractivity (Wildman–Crippen MR) is 85.6 cm³/mol. The molecule has 1 aromatic carbocycles. The number of hydrogen-bond donors (Lipinski definition) is 1. The Labute approximate surface area is 148 Å². The number of rotatable bonds is 4. The van der Waals surface area contributed by atoms with Crippen molar-refractivity contribution in [3.05, 3.63) is 35.4 Å². The SMILES string of the molecule is O=C(NC1CCN(C(=O)c2ccccc2C(F)(F)F)CC1)OCCCl. The third kappa shape index (κ3) is 5.26. The first-order valence-corrected chi connectivity index (χ1v) is 8.31. The number of amides is 2. The van der Waals surface area contributed by atoms with Gasteiger partial charge in [-0.25, -0.2) is 4.79 Å². The summed E-state index contributed by atoms with van der Waals surface area (Å²) < 4.78 is 43.9. The summed E-state index contributed by atoms with van der Waals surface area (Å²) in [5.74, 6) is -0.463. The van der Waals surface area contributed by atoms with E-state index < -0.39 is 23.7 Å². The lowest BCUT2D eigenvalue weighted by Gasteiger charge is -2.32. The molecule has 0 aromatic heterocycles. The average molecular weight is 379 g/mol. The van der Waals surface area contributed by atoms with E-state index in [1.807, 2.05) is 0 Å². The van der Waals surface area contributed by atoms with Crippen LogP contribution in [0.4, 0.5) is 18.0 Å². The standard InChI is InChI=1S/C16H18ClF3N2O3/c17-7-10-25-15(24)21-11-5-8-22(9-6-11)14(23)12-3-1-2-4-13(12)16(18,19)20/h1-4,11H,5-10H2,(H,21,24). The molecule has 2 rings (SSSR count). The Morgan fingerprint density at radius 1 is 1.24 bits per heavy atom. The zero-order chi connectivity index (χ0) is 18.4. The van der Waals surface area contributed by atoms with Crippen LogP contribution in [0.3, 0.4) is 0 Å². The van der Waals surface area contributed by atoms with Crippen LogP contribution in [0.2, 0.25) is 0 Å². The van der Waals surface area contributed by atoms with Crippen LogP contribution in [-0.2, 0) is 10.9 Å². The van der Waals surface area contributed by atoms with Crippen molar-refractivity contribution in [2.75, 3.05) is 25.6 Å². The number of carbonyl (C=O) groups is 2. The van der Waals surface area contributed by atoms with Crippen LogP contribution in [0.15, 0.2) is 24.3 Å². The molecule has 0 saturated carbocycles. The highest BCUT2D eigenvalue weighted by molar-refractivity contribution is 6.18. The molecule has 1 aliphatic heterocycles. The second-order valence-corrected chi connectivity index (χ2v) is 5.96. The van der Waals surface area contributed by atoms with Gasteiger partial charge in [0.05, 0.1) is 17.0 Å². The van der Waals surface area contributed by atoms with E-state index in [1.165, 1.54) is 23.1 Å². The van der Waals surface area contributed by atoms with Crippen LogP contribution >= 0.6 is 11.6 Å². The van der Waals surface area contributed by atoms with E-state index in [2.05, 4.69) is 5.32 Å². The largest absolute Gasteiger partial charge is 0.448 e. The number of likely N-dealkylation sites (tertiary alicyclic amines) is 1. The van der Waals surface area contributed by atoms with Gasteiger partial charge in [-0.1, -0.05) is 12.1 Å². The number of benzene rings is 1. The summed E-state index contributed by atoms with van der Waals surface area (Å²) in [5.41, 5.74) is -1.30. The summed E-state index contributed by atoms with van der Waals surface area (Å²) in [6.45, 7) is 0.607. The fourth-order valence-corrected chi connectivity index (χ4v) is 2.73. The molecule has 138 valence electrons. The van der Waals surface area contributed by atoms with Crippen molar-refractivity contribution < 1.29 is 27.5 Å². The minimum absolute atomic E-state index is 0.0962. The number of carbonyl (C=O) groups excluding carboxylic acids is 2. The van der Waals surface area contributed by atoms with Crippen molar-refractivity contribution in [1.82, 2.24) is 10.2 Å². The monoisotopic (exact) mass is 378 g/mol. The highest BCUT2D eigenvalue weighted by Crippen LogP contribution is 2.32. The van der Waals surface area contributed by atoms with E-state index in [0.29, 0.717) is 12.8 Å². The average Bonchev–Trinajstić information content (AvgIpc) is 2.59. The van der Waals surface area contributed by atoms with Crippen molar-refractivity contribution in [2.24, 2.45) is 0 Å². The van der Waals surface area contributed by atoms with Crippen LogP contribution in [0.25, 0.3) is 0 Å². The van der Waals surface area contributed by atoms with E-state index in [0.717, 1.165) is 6.07 Å². The summed E-state index contributed by atoms with van der Waals surface area (Å²) in [5, 5.41) is 2.65. The van der Waals surface area contributed by atoms with Gasteiger partial charge in [0, 0.05) is 19.1 Å². The highest BCUT2D eigenvalue weighted by atomic mass is 35.5. The molecular formula is C16H18ClF3N2O3. The minimum Gasteiger partial charge on any atom is -0.448 e. The number of nitrogens with one attached hydrogen (secondary N) is 1. The van der Waals surface area contributed by atoms with E-state index >= 15 is 0 Å². The predicted octanol–water partition coefficient (Wildman–Crippen LogP) is 3.28. The van der Waals surface area contributed by atoms with Gasteiger partial charge in [-0.15, -0.1) is 11.6 Å². The molecule has 0 spiro atoms. The first kappa shape index (κ1) is 19.4.